The number of fused-ring (bicyclic) bond motifs is 1. The summed E-state index contributed by atoms with van der Waals surface area (Å²) in [6.07, 6.45) is -2.56. The standard InChI is InChI=1S/C29H25F5O/c1-35-18-22-6-3-19(4-7-22)2-5-20-9-14-25-24(16-20)13-12-23(28(25)31)11-8-21-10-15-26(27(30)17-21)29(32,33)34/h3-4,6-7,9-10,12-17H,2,5,8,11,18H2,1H3. The van der Waals surface area contributed by atoms with Crippen LogP contribution >= 0.6 is 0 Å². The topological polar surface area (TPSA) is 9.23 Å². The van der Waals surface area contributed by atoms with Gasteiger partial charge in [0.1, 0.15) is 11.6 Å². The molecule has 35 heavy (non-hydrogen) atoms. The number of hydrogen-bond donors (Lipinski definition) is 0. The second kappa shape index (κ2) is 10.6. The normalized spacial score (nSPS) is 11.8. The number of benzene rings is 4. The predicted molar refractivity (Wildman–Crippen MR) is 127 cm³/mol. The lowest BCUT2D eigenvalue weighted by atomic mass is 9.97. The maximum absolute atomic E-state index is 15.1. The van der Waals surface area contributed by atoms with E-state index in [1.54, 1.807) is 19.2 Å². The zero-order valence-electron chi connectivity index (χ0n) is 19.3. The number of ether oxygens (including phenoxy) is 1. The van der Waals surface area contributed by atoms with Crippen molar-refractivity contribution < 1.29 is 26.7 Å². The Labute approximate surface area is 201 Å². The summed E-state index contributed by atoms with van der Waals surface area (Å²) in [4.78, 5) is 0. The maximum atomic E-state index is 15.1. The number of hydrogen-bond acceptors (Lipinski definition) is 1. The van der Waals surface area contributed by atoms with Crippen LogP contribution in [0.2, 0.25) is 0 Å². The Balaban J connectivity index is 1.43. The van der Waals surface area contributed by atoms with Gasteiger partial charge >= 0.3 is 6.18 Å². The molecule has 0 heterocycles. The molecule has 0 saturated carbocycles. The van der Waals surface area contributed by atoms with Gasteiger partial charge in [-0.3, -0.25) is 0 Å². The molecular weight excluding hydrogens is 459 g/mol. The molecule has 4 aromatic carbocycles. The van der Waals surface area contributed by atoms with Crippen molar-refractivity contribution in [3.05, 3.63) is 118 Å². The molecule has 0 aliphatic carbocycles. The van der Waals surface area contributed by atoms with Gasteiger partial charge in [-0.05, 0) is 71.0 Å². The third-order valence-electron chi connectivity index (χ3n) is 6.16. The van der Waals surface area contributed by atoms with Crippen LogP contribution in [0.15, 0.2) is 72.8 Å². The quantitative estimate of drug-likeness (QED) is 0.231. The minimum absolute atomic E-state index is 0.235. The Bertz CT molecular complexity index is 1310. The molecule has 0 fully saturated rings. The van der Waals surface area contributed by atoms with E-state index in [0.29, 0.717) is 23.1 Å². The van der Waals surface area contributed by atoms with Crippen LogP contribution in [0.25, 0.3) is 10.8 Å². The van der Waals surface area contributed by atoms with E-state index in [1.807, 2.05) is 18.2 Å². The molecule has 0 unspecified atom stereocenters. The predicted octanol–water partition coefficient (Wildman–Crippen LogP) is 7.85. The smallest absolute Gasteiger partial charge is 0.380 e. The van der Waals surface area contributed by atoms with Gasteiger partial charge in [0.15, 0.2) is 0 Å². The highest BCUT2D eigenvalue weighted by atomic mass is 19.4. The van der Waals surface area contributed by atoms with Crippen LogP contribution in [0, 0.1) is 11.6 Å². The van der Waals surface area contributed by atoms with E-state index in [-0.39, 0.29) is 18.7 Å². The lowest BCUT2D eigenvalue weighted by Crippen LogP contribution is -2.08. The fourth-order valence-corrected chi connectivity index (χ4v) is 4.22. The number of rotatable bonds is 8. The van der Waals surface area contributed by atoms with E-state index < -0.39 is 17.6 Å². The highest BCUT2D eigenvalue weighted by molar-refractivity contribution is 5.84. The van der Waals surface area contributed by atoms with E-state index in [0.717, 1.165) is 41.5 Å². The minimum atomic E-state index is -4.74. The minimum Gasteiger partial charge on any atom is -0.380 e. The van der Waals surface area contributed by atoms with Crippen molar-refractivity contribution in [1.29, 1.82) is 0 Å². The fraction of sp³-hybridized carbons (Fsp3) is 0.241. The number of halogens is 5. The molecule has 1 nitrogen and oxygen atoms in total. The zero-order chi connectivity index (χ0) is 25.0. The van der Waals surface area contributed by atoms with Gasteiger partial charge in [-0.25, -0.2) is 8.78 Å². The molecule has 0 bridgehead atoms. The summed E-state index contributed by atoms with van der Waals surface area (Å²) < 4.78 is 72.3. The number of aryl methyl sites for hydroxylation is 4. The Morgan fingerprint density at radius 1 is 0.657 bits per heavy atom. The number of alkyl halides is 3. The molecule has 0 saturated heterocycles. The first-order valence-electron chi connectivity index (χ1n) is 11.4. The third kappa shape index (κ3) is 6.06. The van der Waals surface area contributed by atoms with Crippen molar-refractivity contribution in [2.45, 2.75) is 38.5 Å². The molecule has 0 N–H and O–H groups in total. The van der Waals surface area contributed by atoms with E-state index in [2.05, 4.69) is 24.3 Å². The molecule has 6 heteroatoms. The molecule has 4 rings (SSSR count). The molecular formula is C29H25F5O. The van der Waals surface area contributed by atoms with Crippen LogP contribution in [0.5, 0.6) is 0 Å². The van der Waals surface area contributed by atoms with Crippen LogP contribution in [-0.4, -0.2) is 7.11 Å². The van der Waals surface area contributed by atoms with Crippen LogP contribution < -0.4 is 0 Å². The summed E-state index contributed by atoms with van der Waals surface area (Å²) in [5.41, 5.74) is 2.98. The highest BCUT2D eigenvalue weighted by Gasteiger charge is 2.33. The second-order valence-electron chi connectivity index (χ2n) is 8.66. The Morgan fingerprint density at radius 3 is 1.94 bits per heavy atom. The first-order chi connectivity index (χ1) is 16.7. The molecule has 0 radical (unpaired) electrons. The van der Waals surface area contributed by atoms with Crippen molar-refractivity contribution in [2.75, 3.05) is 7.11 Å². The van der Waals surface area contributed by atoms with Gasteiger partial charge < -0.3 is 4.74 Å². The van der Waals surface area contributed by atoms with Crippen LogP contribution in [0.3, 0.4) is 0 Å². The second-order valence-corrected chi connectivity index (χ2v) is 8.66. The van der Waals surface area contributed by atoms with Crippen molar-refractivity contribution in [3.8, 4) is 0 Å². The van der Waals surface area contributed by atoms with Gasteiger partial charge in [0, 0.05) is 12.5 Å². The third-order valence-corrected chi connectivity index (χ3v) is 6.16. The molecule has 182 valence electrons. The summed E-state index contributed by atoms with van der Waals surface area (Å²) in [6, 6.07) is 20.3. The average molecular weight is 485 g/mol. The van der Waals surface area contributed by atoms with Crippen molar-refractivity contribution in [1.82, 2.24) is 0 Å². The SMILES string of the molecule is COCc1ccc(CCc2ccc3c(F)c(CCc4ccc(C(F)(F)F)c(F)c4)ccc3c2)cc1. The van der Waals surface area contributed by atoms with Crippen LogP contribution in [-0.2, 0) is 43.2 Å². The van der Waals surface area contributed by atoms with Crippen molar-refractivity contribution in [3.63, 3.8) is 0 Å². The molecule has 0 spiro atoms. The lowest BCUT2D eigenvalue weighted by molar-refractivity contribution is -0.140. The zero-order valence-corrected chi connectivity index (χ0v) is 19.3. The first kappa shape index (κ1) is 24.9. The Hall–Kier alpha value is -3.25. The van der Waals surface area contributed by atoms with Gasteiger partial charge in [-0.1, -0.05) is 60.7 Å². The van der Waals surface area contributed by atoms with Gasteiger partial charge in [-0.15, -0.1) is 0 Å². The molecule has 0 aromatic heterocycles. The van der Waals surface area contributed by atoms with Gasteiger partial charge in [-0.2, -0.15) is 13.2 Å². The largest absolute Gasteiger partial charge is 0.419 e. The molecule has 0 atom stereocenters. The van der Waals surface area contributed by atoms with E-state index in [1.165, 1.54) is 11.6 Å². The van der Waals surface area contributed by atoms with Crippen LogP contribution in [0.4, 0.5) is 22.0 Å². The molecule has 0 aliphatic heterocycles. The summed E-state index contributed by atoms with van der Waals surface area (Å²) in [5, 5.41) is 1.29. The average Bonchev–Trinajstić information content (AvgIpc) is 2.82. The fourth-order valence-electron chi connectivity index (χ4n) is 4.22. The van der Waals surface area contributed by atoms with Crippen molar-refractivity contribution in [2.24, 2.45) is 0 Å². The summed E-state index contributed by atoms with van der Waals surface area (Å²) in [5.74, 6) is -1.66. The summed E-state index contributed by atoms with van der Waals surface area (Å²) >= 11 is 0. The van der Waals surface area contributed by atoms with E-state index >= 15 is 4.39 Å². The van der Waals surface area contributed by atoms with Gasteiger partial charge in [0.25, 0.3) is 0 Å². The summed E-state index contributed by atoms with van der Waals surface area (Å²) in [7, 11) is 1.67. The first-order valence-corrected chi connectivity index (χ1v) is 11.4. The monoisotopic (exact) mass is 484 g/mol. The van der Waals surface area contributed by atoms with Crippen LogP contribution in [0.1, 0.15) is 33.4 Å². The van der Waals surface area contributed by atoms with Gasteiger partial charge in [0.05, 0.1) is 12.2 Å². The highest BCUT2D eigenvalue weighted by Crippen LogP contribution is 2.32. The van der Waals surface area contributed by atoms with Gasteiger partial charge in [0.2, 0.25) is 0 Å². The molecule has 0 amide bonds. The van der Waals surface area contributed by atoms with E-state index in [9.17, 15) is 17.6 Å². The molecule has 4 aromatic rings. The maximum Gasteiger partial charge on any atom is 0.419 e. The Morgan fingerprint density at radius 2 is 1.26 bits per heavy atom. The lowest BCUT2D eigenvalue weighted by Gasteiger charge is -2.11. The van der Waals surface area contributed by atoms with Crippen molar-refractivity contribution >= 4 is 10.8 Å². The van der Waals surface area contributed by atoms with E-state index in [4.69, 9.17) is 4.74 Å². The summed E-state index contributed by atoms with van der Waals surface area (Å²) in [6.45, 7) is 0.583. The molecule has 0 aliphatic rings. The number of methoxy groups -OCH3 is 1. The Kier molecular flexibility index (Phi) is 7.51.